The Hall–Kier alpha value is -3.74. The molecular formula is C32H46N4O3. The van der Waals surface area contributed by atoms with Crippen molar-refractivity contribution >= 4 is 23.8 Å². The van der Waals surface area contributed by atoms with E-state index in [0.29, 0.717) is 37.3 Å². The van der Waals surface area contributed by atoms with Crippen LogP contribution < -0.4 is 0 Å². The van der Waals surface area contributed by atoms with Crippen LogP contribution in [0.4, 0.5) is 0 Å². The first kappa shape index (κ1) is 33.3. The lowest BCUT2D eigenvalue weighted by atomic mass is 10.0. The Morgan fingerprint density at radius 3 is 2.21 bits per heavy atom. The summed E-state index contributed by atoms with van der Waals surface area (Å²) >= 11 is 0. The molecule has 1 aliphatic heterocycles. The molecule has 0 aromatic carbocycles. The van der Waals surface area contributed by atoms with Gasteiger partial charge in [0.2, 0.25) is 5.91 Å². The first-order chi connectivity index (χ1) is 18.7. The molecule has 1 N–H and O–H groups in total. The van der Waals surface area contributed by atoms with Crippen molar-refractivity contribution in [1.29, 1.82) is 0 Å². The molecule has 1 amide bonds. The summed E-state index contributed by atoms with van der Waals surface area (Å²) in [6, 6.07) is 0. The second kappa shape index (κ2) is 19.3. The van der Waals surface area contributed by atoms with Gasteiger partial charge >= 0.3 is 5.97 Å². The molecule has 1 saturated heterocycles. The standard InChI is InChI=1S/C32H46N4O3/c1-7-10-11-12-13-20-35-21-23-36(24-22-35)31(37)18-17-29(33-19-14-16-26(4)25-32(38)39)30(15-8-2)34-28(6)27(5)9-3/h7-13,15,17-20,26H,14,16,21-25H2,1-6H3,(H,38,39)/b10-7-,12-11-,15-8-,18-17+,20-13+,27-9+,30-29-,33-19?,34-28+. The van der Waals surface area contributed by atoms with E-state index in [9.17, 15) is 9.59 Å². The molecule has 1 heterocycles. The number of hydrogen-bond donors (Lipinski definition) is 1. The number of rotatable bonds is 14. The summed E-state index contributed by atoms with van der Waals surface area (Å²) in [6.45, 7) is 14.6. The van der Waals surface area contributed by atoms with Crippen molar-refractivity contribution in [3.8, 4) is 0 Å². The average molecular weight is 535 g/mol. The fourth-order valence-electron chi connectivity index (χ4n) is 3.69. The number of carboxylic acids is 1. The van der Waals surface area contributed by atoms with E-state index in [1.54, 1.807) is 18.4 Å². The fourth-order valence-corrected chi connectivity index (χ4v) is 3.69. The van der Waals surface area contributed by atoms with Crippen LogP contribution in [0.25, 0.3) is 0 Å². The van der Waals surface area contributed by atoms with Crippen LogP contribution in [0.2, 0.25) is 0 Å². The second-order valence-electron chi connectivity index (χ2n) is 9.48. The number of carboxylic acid groups (broad SMARTS) is 1. The van der Waals surface area contributed by atoms with Crippen LogP contribution in [0.5, 0.6) is 0 Å². The van der Waals surface area contributed by atoms with E-state index < -0.39 is 5.97 Å². The number of amides is 1. The van der Waals surface area contributed by atoms with Gasteiger partial charge in [-0.25, -0.2) is 0 Å². The van der Waals surface area contributed by atoms with Gasteiger partial charge in [-0.1, -0.05) is 43.4 Å². The topological polar surface area (TPSA) is 85.6 Å². The summed E-state index contributed by atoms with van der Waals surface area (Å²) in [5.41, 5.74) is 3.19. The van der Waals surface area contributed by atoms with Gasteiger partial charge in [0.05, 0.1) is 11.4 Å². The molecule has 0 saturated carbocycles. The Bertz CT molecular complexity index is 1060. The quantitative estimate of drug-likeness (QED) is 0.156. The summed E-state index contributed by atoms with van der Waals surface area (Å²) in [5, 5.41) is 9.00. The minimum Gasteiger partial charge on any atom is -0.481 e. The molecular weight excluding hydrogens is 488 g/mol. The lowest BCUT2D eigenvalue weighted by Gasteiger charge is -2.33. The van der Waals surface area contributed by atoms with Crippen molar-refractivity contribution in [2.24, 2.45) is 15.9 Å². The zero-order valence-corrected chi connectivity index (χ0v) is 24.5. The highest BCUT2D eigenvalue weighted by Crippen LogP contribution is 2.16. The molecule has 1 unspecified atom stereocenters. The van der Waals surface area contributed by atoms with Crippen molar-refractivity contribution in [1.82, 2.24) is 9.80 Å². The highest BCUT2D eigenvalue weighted by atomic mass is 16.4. The third-order valence-electron chi connectivity index (χ3n) is 6.25. The molecule has 7 nitrogen and oxygen atoms in total. The predicted molar refractivity (Wildman–Crippen MR) is 164 cm³/mol. The van der Waals surface area contributed by atoms with Gasteiger partial charge in [-0.3, -0.25) is 19.6 Å². The number of piperazine rings is 1. The highest BCUT2D eigenvalue weighted by molar-refractivity contribution is 5.98. The molecule has 0 aliphatic carbocycles. The Balaban J connectivity index is 3.06. The summed E-state index contributed by atoms with van der Waals surface area (Å²) in [5.74, 6) is -0.789. The Morgan fingerprint density at radius 1 is 0.897 bits per heavy atom. The molecule has 0 spiro atoms. The number of carbonyl (C=O) groups excluding carboxylic acids is 1. The SMILES string of the molecule is C\C=C/C=C\C=C\N1CCN(C(=O)/C=C/C(N=CCCC(C)CC(=O)O)=C(\C=C/C)/N=C(C)/C(C)=C/C)CC1. The first-order valence-electron chi connectivity index (χ1n) is 13.7. The summed E-state index contributed by atoms with van der Waals surface area (Å²) in [7, 11) is 0. The van der Waals surface area contributed by atoms with Gasteiger partial charge in [0.1, 0.15) is 0 Å². The van der Waals surface area contributed by atoms with Crippen LogP contribution in [-0.4, -0.2) is 64.9 Å². The summed E-state index contributed by atoms with van der Waals surface area (Å²) in [4.78, 5) is 37.5. The smallest absolute Gasteiger partial charge is 0.303 e. The predicted octanol–water partition coefficient (Wildman–Crippen LogP) is 6.51. The number of aliphatic carboxylic acids is 1. The summed E-state index contributed by atoms with van der Waals surface area (Å²) in [6.07, 6.45) is 24.4. The molecule has 1 rings (SSSR count). The van der Waals surface area contributed by atoms with Crippen LogP contribution in [0.15, 0.2) is 93.9 Å². The van der Waals surface area contributed by atoms with E-state index in [0.717, 1.165) is 24.4 Å². The monoisotopic (exact) mass is 534 g/mol. The van der Waals surface area contributed by atoms with Crippen molar-refractivity contribution in [2.75, 3.05) is 26.2 Å². The van der Waals surface area contributed by atoms with Crippen molar-refractivity contribution in [3.63, 3.8) is 0 Å². The third-order valence-corrected chi connectivity index (χ3v) is 6.25. The van der Waals surface area contributed by atoms with E-state index in [1.165, 1.54) is 0 Å². The van der Waals surface area contributed by atoms with E-state index in [2.05, 4.69) is 16.1 Å². The van der Waals surface area contributed by atoms with Crippen LogP contribution in [0, 0.1) is 5.92 Å². The molecule has 0 radical (unpaired) electrons. The van der Waals surface area contributed by atoms with Gasteiger partial charge in [-0.2, -0.15) is 0 Å². The van der Waals surface area contributed by atoms with E-state index in [4.69, 9.17) is 10.1 Å². The van der Waals surface area contributed by atoms with E-state index in [-0.39, 0.29) is 18.2 Å². The molecule has 1 aliphatic rings. The Labute approximate surface area is 235 Å². The molecule has 212 valence electrons. The molecule has 39 heavy (non-hydrogen) atoms. The third kappa shape index (κ3) is 14.1. The first-order valence-corrected chi connectivity index (χ1v) is 13.7. The second-order valence-corrected chi connectivity index (χ2v) is 9.48. The largest absolute Gasteiger partial charge is 0.481 e. The number of carbonyl (C=O) groups is 2. The maximum absolute atomic E-state index is 13.0. The fraction of sp³-hybridized carbons (Fsp3) is 0.438. The Kier molecular flexibility index (Phi) is 16.5. The minimum atomic E-state index is -0.793. The van der Waals surface area contributed by atoms with E-state index in [1.807, 2.05) is 95.1 Å². The average Bonchev–Trinajstić information content (AvgIpc) is 2.91. The molecule has 0 aromatic rings. The van der Waals surface area contributed by atoms with Crippen molar-refractivity contribution in [2.45, 2.75) is 60.8 Å². The van der Waals surface area contributed by atoms with Crippen molar-refractivity contribution in [3.05, 3.63) is 83.9 Å². The van der Waals surface area contributed by atoms with Gasteiger partial charge < -0.3 is 14.9 Å². The van der Waals surface area contributed by atoms with Crippen molar-refractivity contribution < 1.29 is 14.7 Å². The number of nitrogens with zero attached hydrogens (tertiary/aromatic N) is 4. The number of aliphatic imine (C=N–C) groups is 2. The number of hydrogen-bond acceptors (Lipinski definition) is 5. The lowest BCUT2D eigenvalue weighted by molar-refractivity contribution is -0.138. The van der Waals surface area contributed by atoms with E-state index >= 15 is 0 Å². The molecule has 0 bridgehead atoms. The van der Waals surface area contributed by atoms with Crippen LogP contribution in [0.1, 0.15) is 60.8 Å². The maximum atomic E-state index is 13.0. The van der Waals surface area contributed by atoms with Crippen LogP contribution in [-0.2, 0) is 9.59 Å². The van der Waals surface area contributed by atoms with Gasteiger partial charge in [-0.15, -0.1) is 0 Å². The van der Waals surface area contributed by atoms with Gasteiger partial charge in [0, 0.05) is 50.6 Å². The van der Waals surface area contributed by atoms with Crippen LogP contribution >= 0.6 is 0 Å². The van der Waals surface area contributed by atoms with Gasteiger partial charge in [0.15, 0.2) is 0 Å². The Morgan fingerprint density at radius 2 is 1.59 bits per heavy atom. The van der Waals surface area contributed by atoms with Crippen LogP contribution in [0.3, 0.4) is 0 Å². The van der Waals surface area contributed by atoms with Gasteiger partial charge in [-0.05, 0) is 83.4 Å². The molecule has 7 heteroatoms. The number of allylic oxidation sites excluding steroid dienone is 10. The van der Waals surface area contributed by atoms with Gasteiger partial charge in [0.25, 0.3) is 0 Å². The zero-order valence-electron chi connectivity index (χ0n) is 24.5. The maximum Gasteiger partial charge on any atom is 0.303 e. The molecule has 1 fully saturated rings. The minimum absolute atomic E-state index is 0.0560. The lowest BCUT2D eigenvalue weighted by Crippen LogP contribution is -2.46. The summed E-state index contributed by atoms with van der Waals surface area (Å²) < 4.78 is 0. The highest BCUT2D eigenvalue weighted by Gasteiger charge is 2.17. The molecule has 1 atom stereocenters. The normalized spacial score (nSPS) is 17.6. The molecule has 0 aromatic heterocycles. The zero-order chi connectivity index (χ0) is 29.0.